The number of thioether (sulfide) groups is 1. The molecule has 0 saturated heterocycles. The fraction of sp³-hybridized carbons (Fsp3) is 0.846. The molecule has 8 heteroatoms. The van der Waals surface area contributed by atoms with Crippen LogP contribution in [0, 0.1) is 0 Å². The van der Waals surface area contributed by atoms with Crippen molar-refractivity contribution in [1.82, 2.24) is 25.5 Å². The van der Waals surface area contributed by atoms with Gasteiger partial charge in [0.1, 0.15) is 5.25 Å². The molecule has 0 amide bonds. The van der Waals surface area contributed by atoms with Gasteiger partial charge in [-0.15, -0.1) is 5.10 Å². The van der Waals surface area contributed by atoms with E-state index in [0.717, 1.165) is 19.4 Å². The molecule has 1 atom stereocenters. The van der Waals surface area contributed by atoms with Crippen LogP contribution in [0.4, 0.5) is 0 Å². The number of rotatable bonds is 10. The first kappa shape index (κ1) is 17.9. The second-order valence-electron chi connectivity index (χ2n) is 4.94. The zero-order valence-electron chi connectivity index (χ0n) is 13.2. The van der Waals surface area contributed by atoms with E-state index in [1.807, 2.05) is 13.8 Å². The number of hydrogen-bond donors (Lipinski definition) is 1. The first-order valence-corrected chi connectivity index (χ1v) is 8.29. The van der Waals surface area contributed by atoms with Crippen molar-refractivity contribution in [3.05, 3.63) is 0 Å². The zero-order valence-corrected chi connectivity index (χ0v) is 14.0. The minimum Gasteiger partial charge on any atom is -0.465 e. The maximum absolute atomic E-state index is 11.9. The van der Waals surface area contributed by atoms with Crippen LogP contribution in [-0.2, 0) is 16.1 Å². The summed E-state index contributed by atoms with van der Waals surface area (Å²) in [5.74, 6) is -0.195. The van der Waals surface area contributed by atoms with Crippen LogP contribution in [0.25, 0.3) is 0 Å². The number of hydrogen-bond acceptors (Lipinski definition) is 7. The van der Waals surface area contributed by atoms with E-state index < -0.39 is 0 Å². The SMILES string of the molecule is CCCC(Sc1nnnn1CCNC(C)C)C(=O)OCC. The maximum Gasteiger partial charge on any atom is 0.319 e. The number of nitrogens with one attached hydrogen (secondary N) is 1. The Hall–Kier alpha value is -1.15. The molecule has 0 aliphatic carbocycles. The summed E-state index contributed by atoms with van der Waals surface area (Å²) in [6, 6.07) is 0.421. The van der Waals surface area contributed by atoms with Crippen molar-refractivity contribution in [3.8, 4) is 0 Å². The van der Waals surface area contributed by atoms with Crippen LogP contribution in [0.5, 0.6) is 0 Å². The van der Waals surface area contributed by atoms with Crippen molar-refractivity contribution in [3.63, 3.8) is 0 Å². The van der Waals surface area contributed by atoms with Crippen molar-refractivity contribution in [1.29, 1.82) is 0 Å². The fourth-order valence-corrected chi connectivity index (χ4v) is 2.84. The number of nitrogens with zero attached hydrogens (tertiary/aromatic N) is 4. The lowest BCUT2D eigenvalue weighted by molar-refractivity contribution is -0.142. The molecule has 7 nitrogen and oxygen atoms in total. The van der Waals surface area contributed by atoms with Gasteiger partial charge in [0.15, 0.2) is 0 Å². The highest BCUT2D eigenvalue weighted by atomic mass is 32.2. The van der Waals surface area contributed by atoms with Gasteiger partial charge >= 0.3 is 5.97 Å². The van der Waals surface area contributed by atoms with E-state index >= 15 is 0 Å². The molecule has 0 aliphatic rings. The molecule has 1 aromatic heterocycles. The maximum atomic E-state index is 11.9. The molecule has 0 bridgehead atoms. The smallest absolute Gasteiger partial charge is 0.319 e. The zero-order chi connectivity index (χ0) is 15.7. The summed E-state index contributed by atoms with van der Waals surface area (Å²) >= 11 is 1.38. The summed E-state index contributed by atoms with van der Waals surface area (Å²) in [5.41, 5.74) is 0. The van der Waals surface area contributed by atoms with Gasteiger partial charge in [-0.25, -0.2) is 4.68 Å². The highest BCUT2D eigenvalue weighted by Gasteiger charge is 2.23. The summed E-state index contributed by atoms with van der Waals surface area (Å²) in [6.07, 6.45) is 1.66. The fourth-order valence-electron chi connectivity index (χ4n) is 1.73. The molecular weight excluding hydrogens is 290 g/mol. The van der Waals surface area contributed by atoms with Crippen molar-refractivity contribution in [2.75, 3.05) is 13.2 Å². The molecule has 0 aliphatic heterocycles. The largest absolute Gasteiger partial charge is 0.465 e. The number of aromatic nitrogens is 4. The molecule has 1 N–H and O–H groups in total. The van der Waals surface area contributed by atoms with Crippen molar-refractivity contribution >= 4 is 17.7 Å². The molecule has 1 aromatic rings. The van der Waals surface area contributed by atoms with E-state index in [9.17, 15) is 4.79 Å². The van der Waals surface area contributed by atoms with Crippen LogP contribution in [0.2, 0.25) is 0 Å². The van der Waals surface area contributed by atoms with Gasteiger partial charge in [-0.3, -0.25) is 4.79 Å². The molecule has 0 spiro atoms. The number of tetrazole rings is 1. The summed E-state index contributed by atoms with van der Waals surface area (Å²) in [7, 11) is 0. The standard InChI is InChI=1S/C13H25N5O2S/c1-5-7-11(12(19)20-6-2)21-13-15-16-17-18(13)9-8-14-10(3)4/h10-11,14H,5-9H2,1-4H3. The molecule has 0 aromatic carbocycles. The van der Waals surface area contributed by atoms with Gasteiger partial charge in [0.05, 0.1) is 13.2 Å². The lowest BCUT2D eigenvalue weighted by atomic mass is 10.2. The van der Waals surface area contributed by atoms with Crippen LogP contribution < -0.4 is 5.32 Å². The van der Waals surface area contributed by atoms with Gasteiger partial charge in [0.25, 0.3) is 0 Å². The first-order valence-electron chi connectivity index (χ1n) is 7.41. The van der Waals surface area contributed by atoms with Gasteiger partial charge in [-0.1, -0.05) is 39.0 Å². The second-order valence-corrected chi connectivity index (χ2v) is 6.11. The van der Waals surface area contributed by atoms with E-state index in [1.54, 1.807) is 4.68 Å². The first-order chi connectivity index (χ1) is 10.1. The average molecular weight is 315 g/mol. The molecule has 0 saturated carbocycles. The summed E-state index contributed by atoms with van der Waals surface area (Å²) < 4.78 is 6.83. The topological polar surface area (TPSA) is 81.9 Å². The summed E-state index contributed by atoms with van der Waals surface area (Å²) in [4.78, 5) is 11.9. The Morgan fingerprint density at radius 3 is 2.81 bits per heavy atom. The second kappa shape index (κ2) is 9.73. The van der Waals surface area contributed by atoms with Gasteiger partial charge < -0.3 is 10.1 Å². The van der Waals surface area contributed by atoms with Crippen molar-refractivity contribution < 1.29 is 9.53 Å². The van der Waals surface area contributed by atoms with E-state index in [-0.39, 0.29) is 11.2 Å². The number of carbonyl (C=O) groups is 1. The third kappa shape index (κ3) is 6.43. The number of carbonyl (C=O) groups excluding carboxylic acids is 1. The average Bonchev–Trinajstić information content (AvgIpc) is 2.85. The highest BCUT2D eigenvalue weighted by molar-refractivity contribution is 8.00. The van der Waals surface area contributed by atoms with Crippen LogP contribution in [0.15, 0.2) is 5.16 Å². The lowest BCUT2D eigenvalue weighted by Gasteiger charge is -2.14. The lowest BCUT2D eigenvalue weighted by Crippen LogP contribution is -2.27. The van der Waals surface area contributed by atoms with E-state index in [4.69, 9.17) is 4.74 Å². The summed E-state index contributed by atoms with van der Waals surface area (Å²) in [5, 5.41) is 15.4. The predicted molar refractivity (Wildman–Crippen MR) is 82.1 cm³/mol. The highest BCUT2D eigenvalue weighted by Crippen LogP contribution is 2.25. The Bertz CT molecular complexity index is 424. The van der Waals surface area contributed by atoms with E-state index in [2.05, 4.69) is 34.7 Å². The van der Waals surface area contributed by atoms with Gasteiger partial charge in [0, 0.05) is 12.6 Å². The van der Waals surface area contributed by atoms with Crippen LogP contribution in [0.3, 0.4) is 0 Å². The normalized spacial score (nSPS) is 12.6. The molecule has 120 valence electrons. The van der Waals surface area contributed by atoms with Gasteiger partial charge in [-0.05, 0) is 23.8 Å². The monoisotopic (exact) mass is 315 g/mol. The Balaban J connectivity index is 2.62. The molecule has 1 unspecified atom stereocenters. The Kier molecular flexibility index (Phi) is 8.29. The van der Waals surface area contributed by atoms with Crippen molar-refractivity contribution in [2.24, 2.45) is 0 Å². The van der Waals surface area contributed by atoms with Crippen LogP contribution in [-0.4, -0.2) is 50.6 Å². The molecule has 0 fully saturated rings. The van der Waals surface area contributed by atoms with Crippen LogP contribution >= 0.6 is 11.8 Å². The molecule has 1 rings (SSSR count). The molecule has 1 heterocycles. The molecule has 21 heavy (non-hydrogen) atoms. The minimum absolute atomic E-state index is 0.195. The quantitative estimate of drug-likeness (QED) is 0.517. The van der Waals surface area contributed by atoms with Gasteiger partial charge in [0.2, 0.25) is 5.16 Å². The summed E-state index contributed by atoms with van der Waals surface area (Å²) in [6.45, 7) is 9.89. The Labute approximate surface area is 130 Å². The third-order valence-electron chi connectivity index (χ3n) is 2.72. The molecular formula is C13H25N5O2S. The van der Waals surface area contributed by atoms with Crippen LogP contribution in [0.1, 0.15) is 40.5 Å². The third-order valence-corrected chi connectivity index (χ3v) is 3.94. The van der Waals surface area contributed by atoms with E-state index in [0.29, 0.717) is 24.3 Å². The Morgan fingerprint density at radius 2 is 2.19 bits per heavy atom. The molecule has 0 radical (unpaired) electrons. The van der Waals surface area contributed by atoms with Gasteiger partial charge in [-0.2, -0.15) is 0 Å². The van der Waals surface area contributed by atoms with Crippen molar-refractivity contribution in [2.45, 2.75) is 63.5 Å². The number of esters is 1. The Morgan fingerprint density at radius 1 is 1.43 bits per heavy atom. The predicted octanol–water partition coefficient (Wildman–Crippen LogP) is 1.49. The minimum atomic E-state index is -0.252. The number of ether oxygens (including phenoxy) is 1. The van der Waals surface area contributed by atoms with E-state index in [1.165, 1.54) is 11.8 Å².